The molecule has 0 saturated heterocycles. The van der Waals surface area contributed by atoms with Gasteiger partial charge in [-0.3, -0.25) is 0 Å². The van der Waals surface area contributed by atoms with Crippen molar-refractivity contribution in [3.05, 3.63) is 65.7 Å². The number of nitrogens with one attached hydrogen (secondary N) is 1. The highest BCUT2D eigenvalue weighted by atomic mass is 16.5. The first kappa shape index (κ1) is 16.6. The van der Waals surface area contributed by atoms with Gasteiger partial charge in [-0.2, -0.15) is 0 Å². The van der Waals surface area contributed by atoms with Gasteiger partial charge < -0.3 is 10.1 Å². The summed E-state index contributed by atoms with van der Waals surface area (Å²) in [5.41, 5.74) is 2.65. The highest BCUT2D eigenvalue weighted by Gasteiger charge is 2.10. The lowest BCUT2D eigenvalue weighted by atomic mass is 10.1. The molecule has 2 aromatic carbocycles. The fourth-order valence-electron chi connectivity index (χ4n) is 2.55. The van der Waals surface area contributed by atoms with Crippen molar-refractivity contribution in [3.8, 4) is 5.75 Å². The van der Waals surface area contributed by atoms with Gasteiger partial charge in [0.1, 0.15) is 5.75 Å². The molecule has 2 nitrogen and oxygen atoms in total. The first-order valence-corrected chi connectivity index (χ1v) is 8.30. The van der Waals surface area contributed by atoms with E-state index in [0.717, 1.165) is 38.2 Å². The van der Waals surface area contributed by atoms with Gasteiger partial charge in [-0.25, -0.2) is 0 Å². The Kier molecular flexibility index (Phi) is 6.98. The molecule has 1 atom stereocenters. The number of para-hydroxylation sites is 1. The van der Waals surface area contributed by atoms with E-state index in [1.165, 1.54) is 11.1 Å². The van der Waals surface area contributed by atoms with Gasteiger partial charge in [0.15, 0.2) is 0 Å². The van der Waals surface area contributed by atoms with Crippen molar-refractivity contribution >= 4 is 0 Å². The summed E-state index contributed by atoms with van der Waals surface area (Å²) in [4.78, 5) is 0. The minimum Gasteiger partial charge on any atom is -0.493 e. The molecule has 1 unspecified atom stereocenters. The zero-order chi connectivity index (χ0) is 15.6. The van der Waals surface area contributed by atoms with E-state index >= 15 is 0 Å². The van der Waals surface area contributed by atoms with Crippen molar-refractivity contribution < 1.29 is 4.74 Å². The largest absolute Gasteiger partial charge is 0.493 e. The molecule has 0 bridgehead atoms. The van der Waals surface area contributed by atoms with Gasteiger partial charge in [0, 0.05) is 11.6 Å². The van der Waals surface area contributed by atoms with E-state index in [2.05, 4.69) is 67.7 Å². The highest BCUT2D eigenvalue weighted by Crippen LogP contribution is 2.24. The number of hydrogen-bond acceptors (Lipinski definition) is 2. The second-order valence-electron chi connectivity index (χ2n) is 5.65. The molecule has 118 valence electrons. The Morgan fingerprint density at radius 2 is 1.73 bits per heavy atom. The highest BCUT2D eigenvalue weighted by molar-refractivity contribution is 5.35. The van der Waals surface area contributed by atoms with Crippen LogP contribution in [0, 0.1) is 0 Å². The molecule has 2 rings (SSSR count). The Morgan fingerprint density at radius 3 is 2.50 bits per heavy atom. The van der Waals surface area contributed by atoms with Gasteiger partial charge >= 0.3 is 0 Å². The van der Waals surface area contributed by atoms with Crippen molar-refractivity contribution in [2.75, 3.05) is 13.2 Å². The SMILES string of the molecule is CCCOc1ccccc1C(C)NCCCc1ccccc1. The third kappa shape index (κ3) is 5.19. The molecule has 0 aliphatic heterocycles. The van der Waals surface area contributed by atoms with Gasteiger partial charge in [0.25, 0.3) is 0 Å². The summed E-state index contributed by atoms with van der Waals surface area (Å²) < 4.78 is 5.84. The van der Waals surface area contributed by atoms with E-state index in [1.807, 2.05) is 6.07 Å². The zero-order valence-corrected chi connectivity index (χ0v) is 13.7. The van der Waals surface area contributed by atoms with Gasteiger partial charge in [-0.15, -0.1) is 0 Å². The maximum absolute atomic E-state index is 5.84. The summed E-state index contributed by atoms with van der Waals surface area (Å²) in [6.45, 7) is 6.13. The summed E-state index contributed by atoms with van der Waals surface area (Å²) in [6.07, 6.45) is 3.30. The van der Waals surface area contributed by atoms with Crippen LogP contribution in [0.25, 0.3) is 0 Å². The van der Waals surface area contributed by atoms with Crippen LogP contribution in [0.2, 0.25) is 0 Å². The van der Waals surface area contributed by atoms with Gasteiger partial charge in [-0.1, -0.05) is 55.5 Å². The maximum atomic E-state index is 5.84. The second kappa shape index (κ2) is 9.26. The summed E-state index contributed by atoms with van der Waals surface area (Å²) in [6, 6.07) is 19.3. The minimum atomic E-state index is 0.309. The van der Waals surface area contributed by atoms with Crippen molar-refractivity contribution in [1.82, 2.24) is 5.32 Å². The Labute approximate surface area is 134 Å². The van der Waals surface area contributed by atoms with E-state index in [1.54, 1.807) is 0 Å². The molecule has 0 amide bonds. The van der Waals surface area contributed by atoms with E-state index in [9.17, 15) is 0 Å². The molecule has 0 fully saturated rings. The first-order valence-electron chi connectivity index (χ1n) is 8.30. The molecule has 0 spiro atoms. The third-order valence-corrected chi connectivity index (χ3v) is 3.78. The number of hydrogen-bond donors (Lipinski definition) is 1. The molecular weight excluding hydrogens is 270 g/mol. The molecule has 1 N–H and O–H groups in total. The number of rotatable bonds is 9. The van der Waals surface area contributed by atoms with Crippen LogP contribution in [-0.4, -0.2) is 13.2 Å². The van der Waals surface area contributed by atoms with Crippen LogP contribution in [0.15, 0.2) is 54.6 Å². The maximum Gasteiger partial charge on any atom is 0.124 e. The summed E-state index contributed by atoms with van der Waals surface area (Å²) in [5.74, 6) is 1.01. The van der Waals surface area contributed by atoms with Crippen LogP contribution < -0.4 is 10.1 Å². The molecule has 0 aromatic heterocycles. The molecule has 0 heterocycles. The predicted octanol–water partition coefficient (Wildman–Crippen LogP) is 4.76. The van der Waals surface area contributed by atoms with Gasteiger partial charge in [0.2, 0.25) is 0 Å². The van der Waals surface area contributed by atoms with Crippen molar-refractivity contribution in [1.29, 1.82) is 0 Å². The first-order chi connectivity index (χ1) is 10.8. The number of benzene rings is 2. The molecule has 0 saturated carbocycles. The van der Waals surface area contributed by atoms with E-state index in [0.29, 0.717) is 6.04 Å². The van der Waals surface area contributed by atoms with E-state index in [-0.39, 0.29) is 0 Å². The fourth-order valence-corrected chi connectivity index (χ4v) is 2.55. The molecule has 0 aliphatic carbocycles. The molecule has 2 heteroatoms. The minimum absolute atomic E-state index is 0.309. The average Bonchev–Trinajstić information content (AvgIpc) is 2.58. The Hall–Kier alpha value is -1.80. The Balaban J connectivity index is 1.80. The quantitative estimate of drug-likeness (QED) is 0.674. The Morgan fingerprint density at radius 1 is 1.00 bits per heavy atom. The van der Waals surface area contributed by atoms with Crippen LogP contribution in [0.5, 0.6) is 5.75 Å². The normalized spacial score (nSPS) is 12.1. The fraction of sp³-hybridized carbons (Fsp3) is 0.400. The molecule has 0 radical (unpaired) electrons. The predicted molar refractivity (Wildman–Crippen MR) is 93.4 cm³/mol. The van der Waals surface area contributed by atoms with E-state index in [4.69, 9.17) is 4.74 Å². The lowest BCUT2D eigenvalue weighted by molar-refractivity contribution is 0.311. The number of ether oxygens (including phenoxy) is 1. The van der Waals surface area contributed by atoms with Crippen LogP contribution in [0.4, 0.5) is 0 Å². The summed E-state index contributed by atoms with van der Waals surface area (Å²) in [5, 5.41) is 3.61. The van der Waals surface area contributed by atoms with E-state index < -0.39 is 0 Å². The van der Waals surface area contributed by atoms with Gasteiger partial charge in [0.05, 0.1) is 6.61 Å². The van der Waals surface area contributed by atoms with Crippen LogP contribution in [0.1, 0.15) is 43.9 Å². The van der Waals surface area contributed by atoms with Crippen molar-refractivity contribution in [2.45, 2.75) is 39.2 Å². The summed E-state index contributed by atoms with van der Waals surface area (Å²) >= 11 is 0. The molecule has 2 aromatic rings. The second-order valence-corrected chi connectivity index (χ2v) is 5.65. The number of aryl methyl sites for hydroxylation is 1. The lowest BCUT2D eigenvalue weighted by Gasteiger charge is -2.18. The van der Waals surface area contributed by atoms with Crippen molar-refractivity contribution in [3.63, 3.8) is 0 Å². The van der Waals surface area contributed by atoms with Gasteiger partial charge in [-0.05, 0) is 44.4 Å². The van der Waals surface area contributed by atoms with Crippen molar-refractivity contribution in [2.24, 2.45) is 0 Å². The van der Waals surface area contributed by atoms with Crippen LogP contribution >= 0.6 is 0 Å². The molecule has 0 aliphatic rings. The monoisotopic (exact) mass is 297 g/mol. The van der Waals surface area contributed by atoms with Crippen LogP contribution in [-0.2, 0) is 6.42 Å². The third-order valence-electron chi connectivity index (χ3n) is 3.78. The molecular formula is C20H27NO. The zero-order valence-electron chi connectivity index (χ0n) is 13.7. The Bertz CT molecular complexity index is 538. The standard InChI is InChI=1S/C20H27NO/c1-3-16-22-20-14-8-7-13-19(20)17(2)21-15-9-12-18-10-5-4-6-11-18/h4-8,10-11,13-14,17,21H,3,9,12,15-16H2,1-2H3. The summed E-state index contributed by atoms with van der Waals surface area (Å²) in [7, 11) is 0. The topological polar surface area (TPSA) is 21.3 Å². The molecule has 22 heavy (non-hydrogen) atoms. The smallest absolute Gasteiger partial charge is 0.124 e. The lowest BCUT2D eigenvalue weighted by Crippen LogP contribution is -2.21. The van der Waals surface area contributed by atoms with Crippen LogP contribution in [0.3, 0.4) is 0 Å². The average molecular weight is 297 g/mol.